The standard InChI is InChI=1S/C10H11BrN4O2S/c1-7-3-8(4-12-10(7)11)14-18(16,17)9-5-15(2)6-13-9/h3-6,14H,1-2H3. The van der Waals surface area contributed by atoms with Crippen LogP contribution in [-0.4, -0.2) is 23.0 Å². The number of halogens is 1. The maximum Gasteiger partial charge on any atom is 0.280 e. The Balaban J connectivity index is 2.30. The van der Waals surface area contributed by atoms with E-state index in [9.17, 15) is 8.42 Å². The predicted octanol–water partition coefficient (Wildman–Crippen LogP) is 1.69. The molecular formula is C10H11BrN4O2S. The van der Waals surface area contributed by atoms with Crippen molar-refractivity contribution in [1.82, 2.24) is 14.5 Å². The van der Waals surface area contributed by atoms with E-state index in [-0.39, 0.29) is 5.03 Å². The van der Waals surface area contributed by atoms with Gasteiger partial charge in [0.05, 0.1) is 18.2 Å². The quantitative estimate of drug-likeness (QED) is 0.869. The molecule has 0 aromatic carbocycles. The van der Waals surface area contributed by atoms with Gasteiger partial charge >= 0.3 is 0 Å². The molecule has 0 amide bonds. The molecule has 0 radical (unpaired) electrons. The normalized spacial score (nSPS) is 11.5. The van der Waals surface area contributed by atoms with Gasteiger partial charge in [0, 0.05) is 13.2 Å². The monoisotopic (exact) mass is 330 g/mol. The van der Waals surface area contributed by atoms with Gasteiger partial charge in [-0.2, -0.15) is 8.42 Å². The summed E-state index contributed by atoms with van der Waals surface area (Å²) in [7, 11) is -1.95. The molecule has 0 aliphatic heterocycles. The maximum absolute atomic E-state index is 12.0. The van der Waals surface area contributed by atoms with Crippen molar-refractivity contribution in [3.05, 3.63) is 35.0 Å². The summed E-state index contributed by atoms with van der Waals surface area (Å²) in [4.78, 5) is 7.83. The Hall–Kier alpha value is -1.41. The molecule has 2 heterocycles. The number of nitrogens with zero attached hydrogens (tertiary/aromatic N) is 3. The lowest BCUT2D eigenvalue weighted by Crippen LogP contribution is -2.13. The SMILES string of the molecule is Cc1cc(NS(=O)(=O)c2cn(C)cn2)cnc1Br. The van der Waals surface area contributed by atoms with Crippen LogP contribution in [0.15, 0.2) is 34.4 Å². The van der Waals surface area contributed by atoms with Gasteiger partial charge in [0.1, 0.15) is 4.60 Å². The summed E-state index contributed by atoms with van der Waals surface area (Å²) < 4.78 is 28.7. The van der Waals surface area contributed by atoms with Gasteiger partial charge in [0.2, 0.25) is 0 Å². The first kappa shape index (κ1) is 13.0. The van der Waals surface area contributed by atoms with Crippen LogP contribution in [0.4, 0.5) is 5.69 Å². The molecule has 18 heavy (non-hydrogen) atoms. The Kier molecular flexibility index (Phi) is 3.40. The minimum Gasteiger partial charge on any atom is -0.339 e. The van der Waals surface area contributed by atoms with E-state index >= 15 is 0 Å². The van der Waals surface area contributed by atoms with Crippen LogP contribution in [0.3, 0.4) is 0 Å². The van der Waals surface area contributed by atoms with Crippen LogP contribution in [0.1, 0.15) is 5.56 Å². The third kappa shape index (κ3) is 2.70. The number of sulfonamides is 1. The van der Waals surface area contributed by atoms with Crippen molar-refractivity contribution in [2.75, 3.05) is 4.72 Å². The molecular weight excluding hydrogens is 320 g/mol. The second kappa shape index (κ2) is 4.69. The van der Waals surface area contributed by atoms with E-state index < -0.39 is 10.0 Å². The second-order valence-corrected chi connectivity index (χ2v) is 6.19. The van der Waals surface area contributed by atoms with E-state index in [2.05, 4.69) is 30.6 Å². The molecule has 2 aromatic heterocycles. The molecule has 2 rings (SSSR count). The Morgan fingerprint density at radius 1 is 1.39 bits per heavy atom. The van der Waals surface area contributed by atoms with Crippen molar-refractivity contribution in [1.29, 1.82) is 0 Å². The topological polar surface area (TPSA) is 76.9 Å². The third-order valence-electron chi connectivity index (χ3n) is 2.22. The maximum atomic E-state index is 12.0. The molecule has 8 heteroatoms. The number of rotatable bonds is 3. The largest absolute Gasteiger partial charge is 0.339 e. The fourth-order valence-corrected chi connectivity index (χ4v) is 2.58. The highest BCUT2D eigenvalue weighted by Crippen LogP contribution is 2.19. The lowest BCUT2D eigenvalue weighted by Gasteiger charge is -2.06. The molecule has 6 nitrogen and oxygen atoms in total. The van der Waals surface area contributed by atoms with Crippen molar-refractivity contribution in [3.63, 3.8) is 0 Å². The summed E-state index contributed by atoms with van der Waals surface area (Å²) in [6.45, 7) is 1.83. The molecule has 2 aromatic rings. The van der Waals surface area contributed by atoms with Crippen LogP contribution in [0.5, 0.6) is 0 Å². The number of anilines is 1. The molecule has 1 N–H and O–H groups in total. The van der Waals surface area contributed by atoms with Crippen LogP contribution < -0.4 is 4.72 Å². The van der Waals surface area contributed by atoms with Gasteiger partial charge in [-0.05, 0) is 34.5 Å². The minimum atomic E-state index is -3.66. The summed E-state index contributed by atoms with van der Waals surface area (Å²) in [5.74, 6) is 0. The Morgan fingerprint density at radius 3 is 2.67 bits per heavy atom. The smallest absolute Gasteiger partial charge is 0.280 e. The van der Waals surface area contributed by atoms with Crippen LogP contribution in [-0.2, 0) is 17.1 Å². The highest BCUT2D eigenvalue weighted by Gasteiger charge is 2.17. The first-order chi connectivity index (χ1) is 8.38. The van der Waals surface area contributed by atoms with Gasteiger partial charge in [-0.3, -0.25) is 4.72 Å². The zero-order chi connectivity index (χ0) is 13.3. The van der Waals surface area contributed by atoms with Crippen LogP contribution in [0.2, 0.25) is 0 Å². The molecule has 0 fully saturated rings. The number of hydrogen-bond donors (Lipinski definition) is 1. The Labute approximate surface area is 113 Å². The van der Waals surface area contributed by atoms with Crippen molar-refractivity contribution in [2.45, 2.75) is 11.9 Å². The van der Waals surface area contributed by atoms with Crippen molar-refractivity contribution >= 4 is 31.6 Å². The Morgan fingerprint density at radius 2 is 2.11 bits per heavy atom. The third-order valence-corrected chi connectivity index (χ3v) is 4.32. The average Bonchev–Trinajstić information content (AvgIpc) is 2.71. The summed E-state index contributed by atoms with van der Waals surface area (Å²) in [5, 5.41) is -0.0226. The summed E-state index contributed by atoms with van der Waals surface area (Å²) >= 11 is 3.25. The number of nitrogens with one attached hydrogen (secondary N) is 1. The molecule has 0 saturated carbocycles. The highest BCUT2D eigenvalue weighted by molar-refractivity contribution is 9.10. The predicted molar refractivity (Wildman–Crippen MR) is 70.7 cm³/mol. The first-order valence-electron chi connectivity index (χ1n) is 5.01. The van der Waals surface area contributed by atoms with E-state index in [1.54, 1.807) is 17.7 Å². The molecule has 0 aliphatic carbocycles. The number of hydrogen-bond acceptors (Lipinski definition) is 4. The number of pyridine rings is 1. The summed E-state index contributed by atoms with van der Waals surface area (Å²) in [5.41, 5.74) is 1.25. The van der Waals surface area contributed by atoms with Crippen molar-refractivity contribution < 1.29 is 8.42 Å². The van der Waals surface area contributed by atoms with Crippen LogP contribution in [0, 0.1) is 6.92 Å². The fourth-order valence-electron chi connectivity index (χ4n) is 1.35. The summed E-state index contributed by atoms with van der Waals surface area (Å²) in [6, 6.07) is 1.69. The fraction of sp³-hybridized carbons (Fsp3) is 0.200. The lowest BCUT2D eigenvalue weighted by molar-refractivity contribution is 0.598. The van der Waals surface area contributed by atoms with Crippen LogP contribution >= 0.6 is 15.9 Å². The van der Waals surface area contributed by atoms with Crippen molar-refractivity contribution in [3.8, 4) is 0 Å². The van der Waals surface area contributed by atoms with Gasteiger partial charge in [0.25, 0.3) is 10.0 Å². The van der Waals surface area contributed by atoms with Gasteiger partial charge in [-0.25, -0.2) is 9.97 Å². The molecule has 0 atom stereocenters. The van der Waals surface area contributed by atoms with E-state index in [4.69, 9.17) is 0 Å². The van der Waals surface area contributed by atoms with E-state index in [1.165, 1.54) is 18.7 Å². The Bertz CT molecular complexity index is 681. The number of aryl methyl sites for hydroxylation is 2. The van der Waals surface area contributed by atoms with E-state index in [0.717, 1.165) is 5.56 Å². The molecule has 0 saturated heterocycles. The van der Waals surface area contributed by atoms with E-state index in [1.807, 2.05) is 6.92 Å². The van der Waals surface area contributed by atoms with Gasteiger partial charge in [0.15, 0.2) is 5.03 Å². The number of imidazole rings is 1. The van der Waals surface area contributed by atoms with Crippen LogP contribution in [0.25, 0.3) is 0 Å². The molecule has 0 unspecified atom stereocenters. The molecule has 0 aliphatic rings. The molecule has 0 spiro atoms. The first-order valence-corrected chi connectivity index (χ1v) is 7.29. The lowest BCUT2D eigenvalue weighted by atomic mass is 10.3. The van der Waals surface area contributed by atoms with E-state index in [0.29, 0.717) is 10.3 Å². The zero-order valence-electron chi connectivity index (χ0n) is 9.75. The minimum absolute atomic E-state index is 0.0226. The second-order valence-electron chi connectivity index (χ2n) is 3.81. The van der Waals surface area contributed by atoms with Crippen molar-refractivity contribution in [2.24, 2.45) is 7.05 Å². The van der Waals surface area contributed by atoms with Gasteiger partial charge in [-0.1, -0.05) is 0 Å². The van der Waals surface area contributed by atoms with Gasteiger partial charge < -0.3 is 4.57 Å². The molecule has 96 valence electrons. The number of aromatic nitrogens is 3. The zero-order valence-corrected chi connectivity index (χ0v) is 12.2. The van der Waals surface area contributed by atoms with Gasteiger partial charge in [-0.15, -0.1) is 0 Å². The molecule has 0 bridgehead atoms. The summed E-state index contributed by atoms with van der Waals surface area (Å²) in [6.07, 6.45) is 4.30. The average molecular weight is 331 g/mol. The highest BCUT2D eigenvalue weighted by atomic mass is 79.9.